The summed E-state index contributed by atoms with van der Waals surface area (Å²) in [5, 5.41) is 4.93. The van der Waals surface area contributed by atoms with Gasteiger partial charge in [0.1, 0.15) is 5.01 Å². The summed E-state index contributed by atoms with van der Waals surface area (Å²) in [6, 6.07) is 7.85. The number of hydrogen-bond donors (Lipinski definition) is 1. The van der Waals surface area contributed by atoms with E-state index in [-0.39, 0.29) is 0 Å². The summed E-state index contributed by atoms with van der Waals surface area (Å²) in [5.74, 6) is 0. The van der Waals surface area contributed by atoms with E-state index in [1.807, 2.05) is 31.3 Å². The maximum absolute atomic E-state index is 6.18. The highest BCUT2D eigenvalue weighted by molar-refractivity contribution is 7.15. The van der Waals surface area contributed by atoms with E-state index in [4.69, 9.17) is 11.6 Å². The van der Waals surface area contributed by atoms with E-state index < -0.39 is 0 Å². The number of aryl methyl sites for hydroxylation is 1. The summed E-state index contributed by atoms with van der Waals surface area (Å²) in [6.07, 6.45) is 1.02. The number of thiazole rings is 1. The van der Waals surface area contributed by atoms with Crippen LogP contribution >= 0.6 is 22.9 Å². The van der Waals surface area contributed by atoms with E-state index in [9.17, 15) is 0 Å². The number of hydrogen-bond acceptors (Lipinski definition) is 3. The maximum Gasteiger partial charge on any atom is 0.125 e. The van der Waals surface area contributed by atoms with Gasteiger partial charge in [0.25, 0.3) is 0 Å². The Morgan fingerprint density at radius 2 is 2.12 bits per heavy atom. The van der Waals surface area contributed by atoms with Gasteiger partial charge in [-0.1, -0.05) is 29.8 Å². The molecule has 0 unspecified atom stereocenters. The van der Waals surface area contributed by atoms with Crippen LogP contribution in [0.25, 0.3) is 10.6 Å². The monoisotopic (exact) mass is 266 g/mol. The molecule has 0 atom stereocenters. The average molecular weight is 267 g/mol. The lowest BCUT2D eigenvalue weighted by molar-refractivity contribution is 0.795. The SMILES string of the molecule is CNCCc1sc(-c2ccccc2Cl)nc1C. The highest BCUT2D eigenvalue weighted by atomic mass is 35.5. The van der Waals surface area contributed by atoms with Crippen LogP contribution in [-0.2, 0) is 6.42 Å². The highest BCUT2D eigenvalue weighted by Crippen LogP contribution is 2.32. The van der Waals surface area contributed by atoms with Crippen molar-refractivity contribution in [3.63, 3.8) is 0 Å². The summed E-state index contributed by atoms with van der Waals surface area (Å²) >= 11 is 7.91. The Hall–Kier alpha value is -0.900. The summed E-state index contributed by atoms with van der Waals surface area (Å²) in [6.45, 7) is 3.03. The first-order valence-electron chi connectivity index (χ1n) is 5.58. The van der Waals surface area contributed by atoms with Crippen molar-refractivity contribution in [2.24, 2.45) is 0 Å². The van der Waals surface area contributed by atoms with Gasteiger partial charge in [0, 0.05) is 10.4 Å². The average Bonchev–Trinajstić information content (AvgIpc) is 2.68. The smallest absolute Gasteiger partial charge is 0.125 e. The van der Waals surface area contributed by atoms with Crippen LogP contribution in [-0.4, -0.2) is 18.6 Å². The van der Waals surface area contributed by atoms with Crippen molar-refractivity contribution in [2.75, 3.05) is 13.6 Å². The molecule has 0 spiro atoms. The van der Waals surface area contributed by atoms with Gasteiger partial charge in [-0.2, -0.15) is 0 Å². The van der Waals surface area contributed by atoms with Gasteiger partial charge in [0.15, 0.2) is 0 Å². The lowest BCUT2D eigenvalue weighted by Gasteiger charge is -1.98. The molecule has 1 aromatic heterocycles. The minimum absolute atomic E-state index is 0.765. The van der Waals surface area contributed by atoms with Gasteiger partial charge < -0.3 is 5.32 Å². The number of rotatable bonds is 4. The van der Waals surface area contributed by atoms with Gasteiger partial charge in [0.2, 0.25) is 0 Å². The number of likely N-dealkylation sites (N-methyl/N-ethyl adjacent to an activating group) is 1. The molecule has 4 heteroatoms. The molecule has 90 valence electrons. The Kier molecular flexibility index (Phi) is 4.15. The predicted molar refractivity (Wildman–Crippen MR) is 74.9 cm³/mol. The van der Waals surface area contributed by atoms with Crippen LogP contribution in [0.15, 0.2) is 24.3 Å². The molecule has 0 fully saturated rings. The number of nitrogens with one attached hydrogen (secondary N) is 1. The zero-order valence-corrected chi connectivity index (χ0v) is 11.5. The Morgan fingerprint density at radius 1 is 1.35 bits per heavy atom. The first-order chi connectivity index (χ1) is 8.22. The second-order valence-corrected chi connectivity index (χ2v) is 5.35. The predicted octanol–water partition coefficient (Wildman–Crippen LogP) is 3.53. The highest BCUT2D eigenvalue weighted by Gasteiger charge is 2.11. The first-order valence-corrected chi connectivity index (χ1v) is 6.77. The second-order valence-electron chi connectivity index (χ2n) is 3.86. The minimum Gasteiger partial charge on any atom is -0.319 e. The van der Waals surface area contributed by atoms with Crippen LogP contribution in [0.4, 0.5) is 0 Å². The summed E-state index contributed by atoms with van der Waals surface area (Å²) in [4.78, 5) is 5.93. The Labute approximate surface area is 111 Å². The van der Waals surface area contributed by atoms with E-state index in [2.05, 4.69) is 17.2 Å². The Balaban J connectivity index is 2.31. The number of aromatic nitrogens is 1. The maximum atomic E-state index is 6.18. The standard InChI is InChI=1S/C13H15ClN2S/c1-9-12(7-8-15-2)17-13(16-9)10-5-3-4-6-11(10)14/h3-6,15H,7-8H2,1-2H3. The summed E-state index contributed by atoms with van der Waals surface area (Å²) < 4.78 is 0. The van der Waals surface area contributed by atoms with Crippen molar-refractivity contribution in [2.45, 2.75) is 13.3 Å². The molecule has 0 bridgehead atoms. The van der Waals surface area contributed by atoms with Gasteiger partial charge in [-0.05, 0) is 33.0 Å². The van der Waals surface area contributed by atoms with Crippen LogP contribution < -0.4 is 5.32 Å². The van der Waals surface area contributed by atoms with Crippen LogP contribution in [0.3, 0.4) is 0 Å². The Morgan fingerprint density at radius 3 is 2.82 bits per heavy atom. The van der Waals surface area contributed by atoms with Gasteiger partial charge in [-0.3, -0.25) is 0 Å². The normalized spacial score (nSPS) is 10.8. The summed E-state index contributed by atoms with van der Waals surface area (Å²) in [5.41, 5.74) is 2.14. The van der Waals surface area contributed by atoms with E-state index in [0.29, 0.717) is 0 Å². The molecule has 0 aliphatic rings. The lowest BCUT2D eigenvalue weighted by Crippen LogP contribution is -2.09. The van der Waals surface area contributed by atoms with Crippen LogP contribution in [0.5, 0.6) is 0 Å². The molecule has 2 nitrogen and oxygen atoms in total. The fraction of sp³-hybridized carbons (Fsp3) is 0.308. The van der Waals surface area contributed by atoms with Gasteiger partial charge in [0.05, 0.1) is 10.7 Å². The molecular formula is C13H15ClN2S. The molecule has 0 saturated heterocycles. The fourth-order valence-corrected chi connectivity index (χ4v) is 3.03. The van der Waals surface area contributed by atoms with Crippen molar-refractivity contribution in [1.82, 2.24) is 10.3 Å². The zero-order valence-electron chi connectivity index (χ0n) is 9.96. The summed E-state index contributed by atoms with van der Waals surface area (Å²) in [7, 11) is 1.96. The molecule has 2 rings (SSSR count). The molecule has 2 aromatic rings. The van der Waals surface area contributed by atoms with Gasteiger partial charge in [-0.15, -0.1) is 11.3 Å². The van der Waals surface area contributed by atoms with E-state index in [1.54, 1.807) is 11.3 Å². The third-order valence-electron chi connectivity index (χ3n) is 2.60. The minimum atomic E-state index is 0.765. The van der Waals surface area contributed by atoms with E-state index in [1.165, 1.54) is 4.88 Å². The number of nitrogens with zero attached hydrogens (tertiary/aromatic N) is 1. The molecule has 1 heterocycles. The molecule has 0 radical (unpaired) electrons. The molecule has 0 saturated carbocycles. The fourth-order valence-electron chi connectivity index (χ4n) is 1.65. The number of halogens is 1. The van der Waals surface area contributed by atoms with E-state index >= 15 is 0 Å². The topological polar surface area (TPSA) is 24.9 Å². The van der Waals surface area contributed by atoms with E-state index in [0.717, 1.165) is 34.3 Å². The van der Waals surface area contributed by atoms with Crippen LogP contribution in [0.1, 0.15) is 10.6 Å². The molecule has 0 amide bonds. The lowest BCUT2D eigenvalue weighted by atomic mass is 10.2. The third kappa shape index (κ3) is 2.86. The molecular weight excluding hydrogens is 252 g/mol. The molecule has 1 aromatic carbocycles. The molecule has 0 aliphatic carbocycles. The molecule has 0 aliphatic heterocycles. The van der Waals surface area contributed by atoms with Crippen molar-refractivity contribution in [3.8, 4) is 10.6 Å². The largest absolute Gasteiger partial charge is 0.319 e. The number of benzene rings is 1. The van der Waals surface area contributed by atoms with Gasteiger partial charge >= 0.3 is 0 Å². The van der Waals surface area contributed by atoms with Crippen molar-refractivity contribution in [1.29, 1.82) is 0 Å². The third-order valence-corrected chi connectivity index (χ3v) is 4.18. The van der Waals surface area contributed by atoms with Crippen LogP contribution in [0.2, 0.25) is 5.02 Å². The van der Waals surface area contributed by atoms with Crippen molar-refractivity contribution >= 4 is 22.9 Å². The zero-order chi connectivity index (χ0) is 12.3. The quantitative estimate of drug-likeness (QED) is 0.916. The Bertz CT molecular complexity index is 508. The second kappa shape index (κ2) is 5.63. The van der Waals surface area contributed by atoms with Crippen molar-refractivity contribution in [3.05, 3.63) is 39.9 Å². The first kappa shape index (κ1) is 12.6. The molecule has 1 N–H and O–H groups in total. The van der Waals surface area contributed by atoms with Gasteiger partial charge in [-0.25, -0.2) is 4.98 Å². The molecule has 17 heavy (non-hydrogen) atoms. The van der Waals surface area contributed by atoms with Crippen LogP contribution in [0, 0.1) is 6.92 Å². The van der Waals surface area contributed by atoms with Crippen molar-refractivity contribution < 1.29 is 0 Å².